The zero-order chi connectivity index (χ0) is 22.5. The Morgan fingerprint density at radius 3 is 2.58 bits per heavy atom. The molecule has 0 spiro atoms. The minimum Gasteiger partial charge on any atom is -0.483 e. The number of halogens is 3. The smallest absolute Gasteiger partial charge is 0.286 e. The van der Waals surface area contributed by atoms with Gasteiger partial charge in [-0.2, -0.15) is 4.99 Å². The lowest BCUT2D eigenvalue weighted by molar-refractivity contribution is -0.118. The lowest BCUT2D eigenvalue weighted by Gasteiger charge is -2.11. The Morgan fingerprint density at radius 1 is 1.10 bits per heavy atom. The highest BCUT2D eigenvalue weighted by Crippen LogP contribution is 2.32. The third kappa shape index (κ3) is 6.48. The number of amides is 3. The number of nitrogens with one attached hydrogen (secondary N) is 2. The summed E-state index contributed by atoms with van der Waals surface area (Å²) in [6.45, 7) is 1.02. The summed E-state index contributed by atoms with van der Waals surface area (Å²) in [4.78, 5) is 39.5. The summed E-state index contributed by atoms with van der Waals surface area (Å²) in [7, 11) is 0. The fourth-order valence-electron chi connectivity index (χ4n) is 2.43. The largest absolute Gasteiger partial charge is 0.483 e. The third-order valence-corrected chi connectivity index (χ3v) is 5.60. The number of carbonyl (C=O) groups excluding carboxylic acids is 3. The first-order chi connectivity index (χ1) is 14.7. The molecule has 3 rings (SSSR count). The van der Waals surface area contributed by atoms with Gasteiger partial charge in [-0.3, -0.25) is 14.4 Å². The van der Waals surface area contributed by atoms with Gasteiger partial charge in [0.25, 0.3) is 11.8 Å². The second kappa shape index (κ2) is 10.2. The Morgan fingerprint density at radius 2 is 1.87 bits per heavy atom. The van der Waals surface area contributed by atoms with E-state index in [1.807, 2.05) is 0 Å². The van der Waals surface area contributed by atoms with Crippen molar-refractivity contribution in [2.75, 3.05) is 11.9 Å². The molecule has 1 aliphatic rings. The Bertz CT molecular complexity index is 1130. The van der Waals surface area contributed by atoms with Gasteiger partial charge in [0.15, 0.2) is 11.8 Å². The normalized spacial score (nSPS) is 14.4. The number of hydrogen-bond donors (Lipinski definition) is 2. The molecule has 1 aliphatic heterocycles. The van der Waals surface area contributed by atoms with Gasteiger partial charge in [-0.1, -0.05) is 34.8 Å². The maximum atomic E-state index is 12.2. The minimum absolute atomic E-state index is 0.189. The van der Waals surface area contributed by atoms with Crippen LogP contribution >= 0.6 is 46.6 Å². The second-order valence-electron chi connectivity index (χ2n) is 6.16. The molecule has 0 radical (unpaired) electrons. The van der Waals surface area contributed by atoms with Crippen LogP contribution in [0.4, 0.5) is 5.69 Å². The van der Waals surface area contributed by atoms with Gasteiger partial charge >= 0.3 is 0 Å². The summed E-state index contributed by atoms with van der Waals surface area (Å²) in [5.74, 6) is -0.922. The summed E-state index contributed by atoms with van der Waals surface area (Å²) < 4.78 is 5.62. The zero-order valence-corrected chi connectivity index (χ0v) is 19.0. The van der Waals surface area contributed by atoms with Crippen LogP contribution in [-0.4, -0.2) is 29.5 Å². The summed E-state index contributed by atoms with van der Waals surface area (Å²) in [6, 6.07) is 9.47. The quantitative estimate of drug-likeness (QED) is 0.579. The predicted octanol–water partition coefficient (Wildman–Crippen LogP) is 4.77. The molecule has 2 aromatic rings. The SMILES string of the molecule is CC(=O)NC1=NC(=O)/C(=C\c2cc(Cl)ccc2OCC(=O)Nc2ccc(Cl)c(Cl)c2)S1. The van der Waals surface area contributed by atoms with Crippen molar-refractivity contribution in [2.45, 2.75) is 6.92 Å². The monoisotopic (exact) mass is 497 g/mol. The van der Waals surface area contributed by atoms with Gasteiger partial charge in [-0.25, -0.2) is 0 Å². The van der Waals surface area contributed by atoms with Crippen LogP contribution < -0.4 is 15.4 Å². The van der Waals surface area contributed by atoms with Crippen LogP contribution in [0.5, 0.6) is 5.75 Å². The van der Waals surface area contributed by atoms with E-state index in [-0.39, 0.29) is 22.6 Å². The van der Waals surface area contributed by atoms with Crippen LogP contribution in [0, 0.1) is 0 Å². The van der Waals surface area contributed by atoms with Crippen LogP contribution in [0.2, 0.25) is 15.1 Å². The molecule has 160 valence electrons. The number of carbonyl (C=O) groups is 3. The fourth-order valence-corrected chi connectivity index (χ4v) is 3.76. The van der Waals surface area contributed by atoms with Crippen molar-refractivity contribution in [1.82, 2.24) is 5.32 Å². The van der Waals surface area contributed by atoms with Gasteiger partial charge in [-0.15, -0.1) is 0 Å². The lowest BCUT2D eigenvalue weighted by atomic mass is 10.2. The Kier molecular flexibility index (Phi) is 7.61. The van der Waals surface area contributed by atoms with Crippen molar-refractivity contribution in [3.05, 3.63) is 61.9 Å². The molecule has 0 aromatic heterocycles. The summed E-state index contributed by atoms with van der Waals surface area (Å²) in [5, 5.41) is 6.41. The number of amidine groups is 1. The molecule has 7 nitrogen and oxygen atoms in total. The highest BCUT2D eigenvalue weighted by Gasteiger charge is 2.23. The van der Waals surface area contributed by atoms with Crippen molar-refractivity contribution in [3.8, 4) is 5.75 Å². The van der Waals surface area contributed by atoms with E-state index in [2.05, 4.69) is 15.6 Å². The minimum atomic E-state index is -0.503. The van der Waals surface area contributed by atoms with Crippen molar-refractivity contribution in [2.24, 2.45) is 4.99 Å². The number of hydrogen-bond acceptors (Lipinski definition) is 5. The van der Waals surface area contributed by atoms with E-state index in [4.69, 9.17) is 39.5 Å². The molecule has 31 heavy (non-hydrogen) atoms. The summed E-state index contributed by atoms with van der Waals surface area (Å²) in [5.41, 5.74) is 0.946. The Labute approximate surface area is 196 Å². The van der Waals surface area contributed by atoms with E-state index in [0.717, 1.165) is 11.8 Å². The van der Waals surface area contributed by atoms with Gasteiger partial charge in [0.1, 0.15) is 5.75 Å². The molecule has 0 saturated heterocycles. The first-order valence-electron chi connectivity index (χ1n) is 8.68. The van der Waals surface area contributed by atoms with E-state index in [0.29, 0.717) is 32.1 Å². The molecule has 3 amide bonds. The number of ether oxygens (including phenoxy) is 1. The van der Waals surface area contributed by atoms with Crippen LogP contribution in [0.15, 0.2) is 46.3 Å². The molecule has 1 heterocycles. The van der Waals surface area contributed by atoms with Gasteiger partial charge in [0.05, 0.1) is 15.0 Å². The van der Waals surface area contributed by atoms with Gasteiger partial charge in [0, 0.05) is 23.2 Å². The maximum absolute atomic E-state index is 12.2. The van der Waals surface area contributed by atoms with Gasteiger partial charge in [0.2, 0.25) is 5.91 Å². The third-order valence-electron chi connectivity index (χ3n) is 3.72. The van der Waals surface area contributed by atoms with Crippen LogP contribution in [-0.2, 0) is 14.4 Å². The molecular weight excluding hydrogens is 485 g/mol. The van der Waals surface area contributed by atoms with Crippen molar-refractivity contribution < 1.29 is 19.1 Å². The van der Waals surface area contributed by atoms with Crippen LogP contribution in [0.1, 0.15) is 12.5 Å². The molecule has 0 saturated carbocycles. The van der Waals surface area contributed by atoms with Crippen molar-refractivity contribution >= 4 is 81.2 Å². The van der Waals surface area contributed by atoms with E-state index < -0.39 is 11.8 Å². The highest BCUT2D eigenvalue weighted by molar-refractivity contribution is 8.18. The number of anilines is 1. The first-order valence-corrected chi connectivity index (χ1v) is 10.6. The highest BCUT2D eigenvalue weighted by atomic mass is 35.5. The summed E-state index contributed by atoms with van der Waals surface area (Å²) in [6.07, 6.45) is 1.53. The van der Waals surface area contributed by atoms with E-state index in [1.54, 1.807) is 30.3 Å². The van der Waals surface area contributed by atoms with E-state index in [1.165, 1.54) is 19.1 Å². The molecule has 2 N–H and O–H groups in total. The van der Waals surface area contributed by atoms with Crippen molar-refractivity contribution in [3.63, 3.8) is 0 Å². The van der Waals surface area contributed by atoms with Crippen molar-refractivity contribution in [1.29, 1.82) is 0 Å². The summed E-state index contributed by atoms with van der Waals surface area (Å²) >= 11 is 18.9. The van der Waals surface area contributed by atoms with Crippen LogP contribution in [0.3, 0.4) is 0 Å². The molecule has 0 unspecified atom stereocenters. The molecule has 2 aromatic carbocycles. The average molecular weight is 499 g/mol. The number of rotatable bonds is 5. The van der Waals surface area contributed by atoms with Gasteiger partial charge < -0.3 is 15.4 Å². The lowest BCUT2D eigenvalue weighted by Crippen LogP contribution is -2.23. The number of benzene rings is 2. The molecule has 0 aliphatic carbocycles. The molecule has 0 bridgehead atoms. The van der Waals surface area contributed by atoms with Gasteiger partial charge in [-0.05, 0) is 54.2 Å². The average Bonchev–Trinajstić information content (AvgIpc) is 3.02. The topological polar surface area (TPSA) is 96.9 Å². The Hall–Kier alpha value is -2.52. The zero-order valence-electron chi connectivity index (χ0n) is 15.9. The number of aliphatic imine (C=N–C) groups is 1. The standard InChI is InChI=1S/C20H14Cl3N3O4S/c1-10(27)24-20-26-19(29)17(31-20)7-11-6-12(21)2-5-16(11)30-9-18(28)25-13-3-4-14(22)15(23)8-13/h2-8H,9H2,1H3,(H,25,28)(H,24,26,27,29)/b17-7+. The number of thioether (sulfide) groups is 1. The predicted molar refractivity (Wildman–Crippen MR) is 124 cm³/mol. The maximum Gasteiger partial charge on any atom is 0.286 e. The first kappa shape index (κ1) is 23.1. The van der Waals surface area contributed by atoms with E-state index in [9.17, 15) is 14.4 Å². The Balaban J connectivity index is 1.70. The molecular formula is C20H14Cl3N3O4S. The molecule has 11 heteroatoms. The van der Waals surface area contributed by atoms with Crippen LogP contribution in [0.25, 0.3) is 6.08 Å². The molecule has 0 fully saturated rings. The number of nitrogens with zero attached hydrogens (tertiary/aromatic N) is 1. The second-order valence-corrected chi connectivity index (χ2v) is 8.44. The van der Waals surface area contributed by atoms with E-state index >= 15 is 0 Å². The fraction of sp³-hybridized carbons (Fsp3) is 0.100. The molecule has 0 atom stereocenters.